The third-order valence-corrected chi connectivity index (χ3v) is 3.39. The van der Waals surface area contributed by atoms with Crippen LogP contribution in [0.15, 0.2) is 54.6 Å². The van der Waals surface area contributed by atoms with Crippen LogP contribution < -0.4 is 10.2 Å². The average molecular weight is 268 g/mol. The number of anilines is 2. The molecule has 2 aromatic rings. The molecule has 0 aliphatic carbocycles. The van der Waals surface area contributed by atoms with Crippen molar-refractivity contribution in [3.63, 3.8) is 0 Å². The van der Waals surface area contributed by atoms with E-state index in [0.29, 0.717) is 0 Å². The summed E-state index contributed by atoms with van der Waals surface area (Å²) in [5.41, 5.74) is 3.83. The second kappa shape index (κ2) is 7.71. The Morgan fingerprint density at radius 2 is 1.50 bits per heavy atom. The molecule has 0 radical (unpaired) electrons. The van der Waals surface area contributed by atoms with Gasteiger partial charge < -0.3 is 10.2 Å². The lowest BCUT2D eigenvalue weighted by atomic mass is 10.1. The molecule has 0 amide bonds. The summed E-state index contributed by atoms with van der Waals surface area (Å²) in [7, 11) is 0. The first-order valence-corrected chi connectivity index (χ1v) is 7.47. The van der Waals surface area contributed by atoms with E-state index in [1.165, 1.54) is 23.4 Å². The van der Waals surface area contributed by atoms with E-state index in [-0.39, 0.29) is 0 Å². The second-order valence-corrected chi connectivity index (χ2v) is 4.92. The van der Waals surface area contributed by atoms with Gasteiger partial charge in [0.25, 0.3) is 0 Å². The fourth-order valence-corrected chi connectivity index (χ4v) is 2.33. The molecule has 0 aliphatic rings. The molecule has 20 heavy (non-hydrogen) atoms. The quantitative estimate of drug-likeness (QED) is 0.751. The van der Waals surface area contributed by atoms with Gasteiger partial charge in [-0.3, -0.25) is 0 Å². The number of rotatable bonds is 7. The molecule has 0 bridgehead atoms. The van der Waals surface area contributed by atoms with Gasteiger partial charge in [0.05, 0.1) is 0 Å². The first-order valence-electron chi connectivity index (χ1n) is 7.47. The number of hydrogen-bond donors (Lipinski definition) is 1. The Kier molecular flexibility index (Phi) is 5.63. The fourth-order valence-electron chi connectivity index (χ4n) is 2.33. The predicted molar refractivity (Wildman–Crippen MR) is 87.6 cm³/mol. The summed E-state index contributed by atoms with van der Waals surface area (Å²) in [6.45, 7) is 7.37. The number of hydrogen-bond acceptors (Lipinski definition) is 2. The Morgan fingerprint density at radius 3 is 2.10 bits per heavy atom. The lowest BCUT2D eigenvalue weighted by molar-refractivity contribution is 0.675. The topological polar surface area (TPSA) is 15.3 Å². The van der Waals surface area contributed by atoms with E-state index in [0.717, 1.165) is 19.6 Å². The molecule has 106 valence electrons. The van der Waals surface area contributed by atoms with Gasteiger partial charge in [-0.15, -0.1) is 0 Å². The molecule has 0 fully saturated rings. The summed E-state index contributed by atoms with van der Waals surface area (Å²) >= 11 is 0. The van der Waals surface area contributed by atoms with Crippen molar-refractivity contribution >= 4 is 11.4 Å². The van der Waals surface area contributed by atoms with E-state index < -0.39 is 0 Å². The van der Waals surface area contributed by atoms with Gasteiger partial charge in [0.15, 0.2) is 0 Å². The zero-order valence-electron chi connectivity index (χ0n) is 12.5. The summed E-state index contributed by atoms with van der Waals surface area (Å²) in [5, 5.41) is 3.43. The fraction of sp³-hybridized carbons (Fsp3) is 0.333. The van der Waals surface area contributed by atoms with Crippen LogP contribution in [-0.4, -0.2) is 13.1 Å². The molecule has 2 rings (SSSR count). The maximum Gasteiger partial charge on any atom is 0.0410 e. The van der Waals surface area contributed by atoms with Gasteiger partial charge in [0.1, 0.15) is 0 Å². The summed E-state index contributed by atoms with van der Waals surface area (Å²) < 4.78 is 0. The van der Waals surface area contributed by atoms with Crippen molar-refractivity contribution in [2.75, 3.05) is 18.0 Å². The number of para-hydroxylation sites is 1. The van der Waals surface area contributed by atoms with Crippen molar-refractivity contribution in [2.24, 2.45) is 0 Å². The third-order valence-electron chi connectivity index (χ3n) is 3.39. The highest BCUT2D eigenvalue weighted by molar-refractivity contribution is 5.63. The van der Waals surface area contributed by atoms with Gasteiger partial charge in [-0.2, -0.15) is 0 Å². The van der Waals surface area contributed by atoms with Crippen LogP contribution in [0.2, 0.25) is 0 Å². The SMILES string of the molecule is CCCNCc1ccc(N(CC)c2ccccc2)cc1. The molecule has 2 nitrogen and oxygen atoms in total. The minimum atomic E-state index is 0.950. The van der Waals surface area contributed by atoms with Gasteiger partial charge in [0.2, 0.25) is 0 Å². The Hall–Kier alpha value is -1.80. The average Bonchev–Trinajstić information content (AvgIpc) is 2.51. The highest BCUT2D eigenvalue weighted by atomic mass is 15.1. The highest BCUT2D eigenvalue weighted by Crippen LogP contribution is 2.24. The van der Waals surface area contributed by atoms with Crippen molar-refractivity contribution in [1.82, 2.24) is 5.32 Å². The van der Waals surface area contributed by atoms with Crippen LogP contribution in [0, 0.1) is 0 Å². The van der Waals surface area contributed by atoms with Crippen LogP contribution in [0.5, 0.6) is 0 Å². The lowest BCUT2D eigenvalue weighted by Gasteiger charge is -2.23. The Bertz CT molecular complexity index is 491. The van der Waals surface area contributed by atoms with Crippen LogP contribution in [0.25, 0.3) is 0 Å². The predicted octanol–water partition coefficient (Wildman–Crippen LogP) is 4.34. The molecule has 0 spiro atoms. The molecule has 0 unspecified atom stereocenters. The molecule has 2 aromatic carbocycles. The first-order chi connectivity index (χ1) is 9.85. The molecule has 0 aromatic heterocycles. The van der Waals surface area contributed by atoms with Gasteiger partial charge >= 0.3 is 0 Å². The van der Waals surface area contributed by atoms with E-state index in [4.69, 9.17) is 0 Å². The molecule has 0 atom stereocenters. The summed E-state index contributed by atoms with van der Waals surface area (Å²) in [6.07, 6.45) is 1.18. The van der Waals surface area contributed by atoms with E-state index in [9.17, 15) is 0 Å². The van der Waals surface area contributed by atoms with Crippen molar-refractivity contribution in [3.05, 3.63) is 60.2 Å². The summed E-state index contributed by atoms with van der Waals surface area (Å²) in [5.74, 6) is 0. The molecular formula is C18H24N2. The maximum absolute atomic E-state index is 3.43. The smallest absolute Gasteiger partial charge is 0.0410 e. The van der Waals surface area contributed by atoms with Crippen LogP contribution in [0.4, 0.5) is 11.4 Å². The Labute approximate surface area is 122 Å². The highest BCUT2D eigenvalue weighted by Gasteiger charge is 2.06. The minimum absolute atomic E-state index is 0.950. The van der Waals surface area contributed by atoms with Crippen molar-refractivity contribution in [1.29, 1.82) is 0 Å². The van der Waals surface area contributed by atoms with Crippen molar-refractivity contribution < 1.29 is 0 Å². The Morgan fingerprint density at radius 1 is 0.850 bits per heavy atom. The van der Waals surface area contributed by atoms with E-state index in [1.807, 2.05) is 0 Å². The first kappa shape index (κ1) is 14.6. The van der Waals surface area contributed by atoms with E-state index in [1.54, 1.807) is 0 Å². The van der Waals surface area contributed by atoms with Crippen LogP contribution in [0.1, 0.15) is 25.8 Å². The largest absolute Gasteiger partial charge is 0.342 e. The maximum atomic E-state index is 3.43. The van der Waals surface area contributed by atoms with Gasteiger partial charge in [-0.1, -0.05) is 37.3 Å². The summed E-state index contributed by atoms with van der Waals surface area (Å²) in [4.78, 5) is 2.32. The zero-order valence-corrected chi connectivity index (χ0v) is 12.5. The van der Waals surface area contributed by atoms with Crippen LogP contribution >= 0.6 is 0 Å². The van der Waals surface area contributed by atoms with Crippen molar-refractivity contribution in [2.45, 2.75) is 26.8 Å². The van der Waals surface area contributed by atoms with Gasteiger partial charge in [-0.05, 0) is 49.7 Å². The van der Waals surface area contributed by atoms with Gasteiger partial charge in [0, 0.05) is 24.5 Å². The zero-order chi connectivity index (χ0) is 14.2. The van der Waals surface area contributed by atoms with Crippen molar-refractivity contribution in [3.8, 4) is 0 Å². The third kappa shape index (κ3) is 3.84. The van der Waals surface area contributed by atoms with Gasteiger partial charge in [-0.25, -0.2) is 0 Å². The van der Waals surface area contributed by atoms with E-state index >= 15 is 0 Å². The Balaban J connectivity index is 2.08. The molecule has 0 aliphatic heterocycles. The number of benzene rings is 2. The normalized spacial score (nSPS) is 10.5. The van der Waals surface area contributed by atoms with Crippen LogP contribution in [-0.2, 0) is 6.54 Å². The monoisotopic (exact) mass is 268 g/mol. The minimum Gasteiger partial charge on any atom is -0.342 e. The standard InChI is InChI=1S/C18H24N2/c1-3-14-19-15-16-10-12-18(13-11-16)20(4-2)17-8-6-5-7-9-17/h5-13,19H,3-4,14-15H2,1-2H3. The lowest BCUT2D eigenvalue weighted by Crippen LogP contribution is -2.16. The molecular weight excluding hydrogens is 244 g/mol. The summed E-state index contributed by atoms with van der Waals surface area (Å²) in [6, 6.07) is 19.4. The molecule has 1 N–H and O–H groups in total. The molecule has 0 heterocycles. The second-order valence-electron chi connectivity index (χ2n) is 4.92. The molecule has 0 saturated carbocycles. The number of nitrogens with one attached hydrogen (secondary N) is 1. The molecule has 2 heteroatoms. The van der Waals surface area contributed by atoms with E-state index in [2.05, 4.69) is 78.7 Å². The van der Waals surface area contributed by atoms with Crippen LogP contribution in [0.3, 0.4) is 0 Å². The molecule has 0 saturated heterocycles. The number of nitrogens with zero attached hydrogens (tertiary/aromatic N) is 1.